The van der Waals surface area contributed by atoms with Crippen molar-refractivity contribution in [3.63, 3.8) is 0 Å². The molecule has 0 aliphatic carbocycles. The summed E-state index contributed by atoms with van der Waals surface area (Å²) in [6, 6.07) is 8.71. The first-order valence-electron chi connectivity index (χ1n) is 9.43. The number of hydrogen-bond donors (Lipinski definition) is 1. The lowest BCUT2D eigenvalue weighted by molar-refractivity contribution is -0.132. The number of carbonyl (C=O) groups excluding carboxylic acids is 1. The maximum Gasteiger partial charge on any atom is 0.236 e. The molecule has 6 heteroatoms. The Morgan fingerprint density at radius 2 is 2.23 bits per heavy atom. The SMILES string of the molecule is C[C@@H]1CCCN1C(=O)CN1CC[C@@H](Nc2cc(Cl)c3ncccc3c2)C1. The normalized spacial score (nSPS) is 23.7. The Morgan fingerprint density at radius 1 is 1.35 bits per heavy atom. The number of likely N-dealkylation sites (tertiary alicyclic amines) is 2. The molecule has 1 aromatic heterocycles. The Kier molecular flexibility index (Phi) is 5.00. The molecule has 2 aromatic rings. The molecule has 2 aliphatic heterocycles. The summed E-state index contributed by atoms with van der Waals surface area (Å²) in [7, 11) is 0. The number of aromatic nitrogens is 1. The van der Waals surface area contributed by atoms with Crippen molar-refractivity contribution < 1.29 is 4.79 Å². The zero-order chi connectivity index (χ0) is 18.1. The molecule has 2 atom stereocenters. The second kappa shape index (κ2) is 7.41. The van der Waals surface area contributed by atoms with Gasteiger partial charge in [0, 0.05) is 49.0 Å². The number of benzene rings is 1. The van der Waals surface area contributed by atoms with Crippen molar-refractivity contribution in [3.8, 4) is 0 Å². The topological polar surface area (TPSA) is 48.5 Å². The highest BCUT2D eigenvalue weighted by Gasteiger charge is 2.29. The first-order valence-corrected chi connectivity index (χ1v) is 9.80. The largest absolute Gasteiger partial charge is 0.381 e. The molecular formula is C20H25ClN4O. The fourth-order valence-corrected chi connectivity index (χ4v) is 4.42. The minimum absolute atomic E-state index is 0.274. The summed E-state index contributed by atoms with van der Waals surface area (Å²) in [5.74, 6) is 0.274. The highest BCUT2D eigenvalue weighted by molar-refractivity contribution is 6.35. The van der Waals surface area contributed by atoms with Crippen LogP contribution in [0.1, 0.15) is 26.2 Å². The van der Waals surface area contributed by atoms with E-state index in [9.17, 15) is 4.79 Å². The number of pyridine rings is 1. The van der Waals surface area contributed by atoms with Crippen molar-refractivity contribution in [2.45, 2.75) is 38.3 Å². The van der Waals surface area contributed by atoms with Crippen molar-refractivity contribution in [2.24, 2.45) is 0 Å². The zero-order valence-electron chi connectivity index (χ0n) is 15.1. The molecule has 138 valence electrons. The second-order valence-electron chi connectivity index (χ2n) is 7.48. The van der Waals surface area contributed by atoms with Crippen molar-refractivity contribution in [3.05, 3.63) is 35.5 Å². The average Bonchev–Trinajstić information content (AvgIpc) is 3.24. The monoisotopic (exact) mass is 372 g/mol. The summed E-state index contributed by atoms with van der Waals surface area (Å²) in [5, 5.41) is 5.28. The molecule has 26 heavy (non-hydrogen) atoms. The second-order valence-corrected chi connectivity index (χ2v) is 7.88. The summed E-state index contributed by atoms with van der Waals surface area (Å²) in [6.07, 6.45) is 5.06. The third-order valence-electron chi connectivity index (χ3n) is 5.53. The number of hydrogen-bond acceptors (Lipinski definition) is 4. The van der Waals surface area contributed by atoms with E-state index in [0.717, 1.165) is 55.5 Å². The van der Waals surface area contributed by atoms with Gasteiger partial charge in [0.15, 0.2) is 0 Å². The van der Waals surface area contributed by atoms with E-state index >= 15 is 0 Å². The van der Waals surface area contributed by atoms with E-state index in [2.05, 4.69) is 28.2 Å². The average molecular weight is 373 g/mol. The maximum absolute atomic E-state index is 12.5. The van der Waals surface area contributed by atoms with Gasteiger partial charge in [-0.3, -0.25) is 14.7 Å². The Bertz CT molecular complexity index is 811. The van der Waals surface area contributed by atoms with E-state index in [-0.39, 0.29) is 5.91 Å². The summed E-state index contributed by atoms with van der Waals surface area (Å²) >= 11 is 6.37. The number of nitrogens with zero attached hydrogens (tertiary/aromatic N) is 3. The molecule has 4 rings (SSSR count). The van der Waals surface area contributed by atoms with Crippen LogP contribution in [0.3, 0.4) is 0 Å². The standard InChI is InChI=1S/C20H25ClN4O/c1-14-4-3-8-25(14)19(26)13-24-9-6-16(12-24)23-17-10-15-5-2-7-22-20(15)18(21)11-17/h2,5,7,10-11,14,16,23H,3-4,6,8-9,12-13H2,1H3/t14-,16-/m1/s1. The van der Waals surface area contributed by atoms with Crippen LogP contribution < -0.4 is 5.32 Å². The van der Waals surface area contributed by atoms with Crippen LogP contribution in [0.15, 0.2) is 30.5 Å². The van der Waals surface area contributed by atoms with Crippen LogP contribution in [-0.4, -0.2) is 59.0 Å². The summed E-state index contributed by atoms with van der Waals surface area (Å²) in [6.45, 7) is 5.44. The van der Waals surface area contributed by atoms with Gasteiger partial charge in [0.2, 0.25) is 5.91 Å². The number of fused-ring (bicyclic) bond motifs is 1. The molecule has 5 nitrogen and oxygen atoms in total. The fraction of sp³-hybridized carbons (Fsp3) is 0.500. The highest BCUT2D eigenvalue weighted by Crippen LogP contribution is 2.27. The maximum atomic E-state index is 12.5. The van der Waals surface area contributed by atoms with Gasteiger partial charge in [0.1, 0.15) is 0 Å². The highest BCUT2D eigenvalue weighted by atomic mass is 35.5. The predicted molar refractivity (Wildman–Crippen MR) is 106 cm³/mol. The lowest BCUT2D eigenvalue weighted by Crippen LogP contribution is -2.41. The molecule has 0 radical (unpaired) electrons. The van der Waals surface area contributed by atoms with E-state index in [1.165, 1.54) is 0 Å². The molecule has 0 bridgehead atoms. The fourth-order valence-electron chi connectivity index (χ4n) is 4.15. The minimum Gasteiger partial charge on any atom is -0.381 e. The van der Waals surface area contributed by atoms with Gasteiger partial charge in [-0.1, -0.05) is 17.7 Å². The number of anilines is 1. The quantitative estimate of drug-likeness (QED) is 0.893. The van der Waals surface area contributed by atoms with Gasteiger partial charge in [0.25, 0.3) is 0 Å². The molecule has 0 unspecified atom stereocenters. The molecule has 2 fully saturated rings. The van der Waals surface area contributed by atoms with Gasteiger partial charge in [-0.15, -0.1) is 0 Å². The molecule has 3 heterocycles. The molecule has 2 aliphatic rings. The number of carbonyl (C=O) groups is 1. The molecule has 0 spiro atoms. The smallest absolute Gasteiger partial charge is 0.236 e. The van der Waals surface area contributed by atoms with Gasteiger partial charge in [-0.05, 0) is 44.4 Å². The van der Waals surface area contributed by atoms with Crippen LogP contribution >= 0.6 is 11.6 Å². The lowest BCUT2D eigenvalue weighted by Gasteiger charge is -2.24. The molecule has 0 saturated carbocycles. The van der Waals surface area contributed by atoms with Gasteiger partial charge in [-0.25, -0.2) is 0 Å². The van der Waals surface area contributed by atoms with Crippen LogP contribution in [0.2, 0.25) is 5.02 Å². The Morgan fingerprint density at radius 3 is 3.04 bits per heavy atom. The molecule has 2 saturated heterocycles. The molecule has 1 N–H and O–H groups in total. The van der Waals surface area contributed by atoms with Crippen molar-refractivity contribution in [2.75, 3.05) is 31.5 Å². The van der Waals surface area contributed by atoms with Gasteiger partial charge in [-0.2, -0.15) is 0 Å². The van der Waals surface area contributed by atoms with Gasteiger partial charge < -0.3 is 10.2 Å². The Balaban J connectivity index is 1.36. The zero-order valence-corrected chi connectivity index (χ0v) is 15.9. The molecular weight excluding hydrogens is 348 g/mol. The minimum atomic E-state index is 0.274. The van der Waals surface area contributed by atoms with E-state index in [4.69, 9.17) is 11.6 Å². The van der Waals surface area contributed by atoms with Crippen molar-refractivity contribution >= 4 is 34.1 Å². The number of nitrogens with one attached hydrogen (secondary N) is 1. The van der Waals surface area contributed by atoms with E-state index in [0.29, 0.717) is 23.7 Å². The number of rotatable bonds is 4. The van der Waals surface area contributed by atoms with E-state index < -0.39 is 0 Å². The third-order valence-corrected chi connectivity index (χ3v) is 5.82. The first kappa shape index (κ1) is 17.6. The Hall–Kier alpha value is -1.85. The van der Waals surface area contributed by atoms with Crippen molar-refractivity contribution in [1.29, 1.82) is 0 Å². The summed E-state index contributed by atoms with van der Waals surface area (Å²) in [4.78, 5) is 21.1. The van der Waals surface area contributed by atoms with Crippen molar-refractivity contribution in [1.82, 2.24) is 14.8 Å². The van der Waals surface area contributed by atoms with Crippen LogP contribution in [0, 0.1) is 0 Å². The van der Waals surface area contributed by atoms with Crippen LogP contribution in [0.25, 0.3) is 10.9 Å². The van der Waals surface area contributed by atoms with Gasteiger partial charge >= 0.3 is 0 Å². The number of amides is 1. The van der Waals surface area contributed by atoms with Crippen LogP contribution in [-0.2, 0) is 4.79 Å². The summed E-state index contributed by atoms with van der Waals surface area (Å²) in [5.41, 5.74) is 1.85. The third kappa shape index (κ3) is 3.64. The molecule has 1 aromatic carbocycles. The predicted octanol–water partition coefficient (Wildman–Crippen LogP) is 3.39. The summed E-state index contributed by atoms with van der Waals surface area (Å²) < 4.78 is 0. The van der Waals surface area contributed by atoms with Crippen LogP contribution in [0.4, 0.5) is 5.69 Å². The van der Waals surface area contributed by atoms with E-state index in [1.54, 1.807) is 6.20 Å². The van der Waals surface area contributed by atoms with Crippen LogP contribution in [0.5, 0.6) is 0 Å². The van der Waals surface area contributed by atoms with E-state index in [1.807, 2.05) is 23.1 Å². The first-order chi connectivity index (χ1) is 12.6. The van der Waals surface area contributed by atoms with Gasteiger partial charge in [0.05, 0.1) is 17.1 Å². The number of halogens is 1. The lowest BCUT2D eigenvalue weighted by atomic mass is 10.1. The Labute approximate surface area is 159 Å². The molecule has 1 amide bonds.